The van der Waals surface area contributed by atoms with Gasteiger partial charge >= 0.3 is 5.97 Å². The molecule has 3 aromatic carbocycles. The molecular weight excluding hydrogens is 414 g/mol. The number of ether oxygens (including phenoxy) is 3. The van der Waals surface area contributed by atoms with E-state index in [9.17, 15) is 19.7 Å². The quantitative estimate of drug-likeness (QED) is 0.126. The molecule has 162 valence electrons. The Morgan fingerprint density at radius 2 is 1.62 bits per heavy atom. The fourth-order valence-electron chi connectivity index (χ4n) is 2.85. The molecule has 3 rings (SSSR count). The first-order valence-corrected chi connectivity index (χ1v) is 9.43. The van der Waals surface area contributed by atoms with Gasteiger partial charge in [0.15, 0.2) is 5.78 Å². The standard InChI is InChI=1S/C24H19NO7/c1-30-19-12-14-23(31-2)20(15-19)21(26)13-9-16-5-3-4-6-22(16)32-24(27)17-7-10-18(11-8-17)25(28)29/h3-15H,1-2H3/b13-9+. The van der Waals surface area contributed by atoms with Gasteiger partial charge in [-0.2, -0.15) is 0 Å². The maximum absolute atomic E-state index is 12.7. The lowest BCUT2D eigenvalue weighted by Crippen LogP contribution is -2.09. The van der Waals surface area contributed by atoms with E-state index >= 15 is 0 Å². The number of carbonyl (C=O) groups excluding carboxylic acids is 2. The lowest BCUT2D eigenvalue weighted by molar-refractivity contribution is -0.384. The third-order valence-electron chi connectivity index (χ3n) is 4.52. The van der Waals surface area contributed by atoms with Crippen LogP contribution in [0.5, 0.6) is 17.2 Å². The van der Waals surface area contributed by atoms with Crippen LogP contribution in [-0.2, 0) is 0 Å². The summed E-state index contributed by atoms with van der Waals surface area (Å²) in [6.07, 6.45) is 2.87. The van der Waals surface area contributed by atoms with Crippen LogP contribution < -0.4 is 14.2 Å². The van der Waals surface area contributed by atoms with Gasteiger partial charge in [-0.3, -0.25) is 14.9 Å². The van der Waals surface area contributed by atoms with E-state index in [-0.39, 0.29) is 22.8 Å². The number of non-ortho nitro benzene ring substituents is 1. The monoisotopic (exact) mass is 433 g/mol. The van der Waals surface area contributed by atoms with Crippen molar-refractivity contribution >= 4 is 23.5 Å². The lowest BCUT2D eigenvalue weighted by Gasteiger charge is -2.09. The average molecular weight is 433 g/mol. The highest BCUT2D eigenvalue weighted by molar-refractivity contribution is 6.09. The zero-order chi connectivity index (χ0) is 23.1. The first kappa shape index (κ1) is 22.2. The summed E-state index contributed by atoms with van der Waals surface area (Å²) in [5, 5.41) is 10.8. The number of benzene rings is 3. The molecule has 0 aliphatic carbocycles. The van der Waals surface area contributed by atoms with Crippen LogP contribution in [0.2, 0.25) is 0 Å². The van der Waals surface area contributed by atoms with Crippen molar-refractivity contribution < 1.29 is 28.7 Å². The molecule has 0 saturated heterocycles. The predicted octanol–water partition coefficient (Wildman–Crippen LogP) is 4.73. The third kappa shape index (κ3) is 5.17. The van der Waals surface area contributed by atoms with Gasteiger partial charge in [-0.15, -0.1) is 0 Å². The summed E-state index contributed by atoms with van der Waals surface area (Å²) in [6, 6.07) is 16.7. The van der Waals surface area contributed by atoms with Crippen LogP contribution in [0.3, 0.4) is 0 Å². The number of hydrogen-bond donors (Lipinski definition) is 0. The van der Waals surface area contributed by atoms with Crippen LogP contribution in [0.1, 0.15) is 26.3 Å². The molecule has 0 aliphatic heterocycles. The number of para-hydroxylation sites is 1. The Kier molecular flexibility index (Phi) is 6.97. The number of rotatable bonds is 8. The van der Waals surface area contributed by atoms with Crippen molar-refractivity contribution in [3.8, 4) is 17.2 Å². The average Bonchev–Trinajstić information content (AvgIpc) is 2.82. The number of nitrogens with zero attached hydrogens (tertiary/aromatic N) is 1. The Bertz CT molecular complexity index is 1180. The Morgan fingerprint density at radius 3 is 2.28 bits per heavy atom. The molecule has 0 bridgehead atoms. The summed E-state index contributed by atoms with van der Waals surface area (Å²) < 4.78 is 15.8. The SMILES string of the molecule is COc1ccc(OC)c(C(=O)/C=C/c2ccccc2OC(=O)c2ccc([N+](=O)[O-])cc2)c1. The summed E-state index contributed by atoms with van der Waals surface area (Å²) in [7, 11) is 2.97. The highest BCUT2D eigenvalue weighted by Crippen LogP contribution is 2.26. The minimum Gasteiger partial charge on any atom is -0.497 e. The van der Waals surface area contributed by atoms with Crippen molar-refractivity contribution in [3.63, 3.8) is 0 Å². The molecule has 0 aliphatic rings. The number of nitro benzene ring substituents is 1. The number of hydrogen-bond acceptors (Lipinski definition) is 7. The third-order valence-corrected chi connectivity index (χ3v) is 4.52. The maximum Gasteiger partial charge on any atom is 0.343 e. The first-order chi connectivity index (χ1) is 15.4. The zero-order valence-electron chi connectivity index (χ0n) is 17.3. The molecule has 0 saturated carbocycles. The molecule has 0 unspecified atom stereocenters. The molecule has 8 nitrogen and oxygen atoms in total. The topological polar surface area (TPSA) is 105 Å². The summed E-state index contributed by atoms with van der Waals surface area (Å²) >= 11 is 0. The van der Waals surface area contributed by atoms with Crippen LogP contribution >= 0.6 is 0 Å². The second-order valence-electron chi connectivity index (χ2n) is 6.50. The first-order valence-electron chi connectivity index (χ1n) is 9.43. The molecule has 8 heteroatoms. The molecule has 0 spiro atoms. The number of carbonyl (C=O) groups is 2. The highest BCUT2D eigenvalue weighted by Gasteiger charge is 2.14. The number of nitro groups is 1. The van der Waals surface area contributed by atoms with Gasteiger partial charge in [0.25, 0.3) is 5.69 Å². The fraction of sp³-hybridized carbons (Fsp3) is 0.0833. The fourth-order valence-corrected chi connectivity index (χ4v) is 2.85. The van der Waals surface area contributed by atoms with E-state index in [2.05, 4.69) is 0 Å². The summed E-state index contributed by atoms with van der Waals surface area (Å²) in [6.45, 7) is 0. The van der Waals surface area contributed by atoms with E-state index in [0.29, 0.717) is 22.6 Å². The molecule has 32 heavy (non-hydrogen) atoms. The summed E-state index contributed by atoms with van der Waals surface area (Å²) in [5.41, 5.74) is 0.851. The van der Waals surface area contributed by atoms with E-state index in [1.165, 1.54) is 50.6 Å². The minimum atomic E-state index is -0.679. The van der Waals surface area contributed by atoms with E-state index in [4.69, 9.17) is 14.2 Å². The highest BCUT2D eigenvalue weighted by atomic mass is 16.6. The minimum absolute atomic E-state index is 0.128. The van der Waals surface area contributed by atoms with E-state index in [0.717, 1.165) is 0 Å². The van der Waals surface area contributed by atoms with Crippen LogP contribution in [0, 0.1) is 10.1 Å². The molecular formula is C24H19NO7. The summed E-state index contributed by atoms with van der Waals surface area (Å²) in [5.74, 6) is 0.148. The van der Waals surface area contributed by atoms with Gasteiger partial charge in [-0.25, -0.2) is 4.79 Å². The van der Waals surface area contributed by atoms with Gasteiger partial charge in [-0.1, -0.05) is 18.2 Å². The molecule has 0 aromatic heterocycles. The normalized spacial score (nSPS) is 10.6. The van der Waals surface area contributed by atoms with Crippen molar-refractivity contribution in [1.29, 1.82) is 0 Å². The Labute approximate surface area is 183 Å². The molecule has 0 heterocycles. The number of methoxy groups -OCH3 is 2. The van der Waals surface area contributed by atoms with Gasteiger partial charge in [-0.05, 0) is 48.6 Å². The van der Waals surface area contributed by atoms with Crippen LogP contribution in [0.4, 0.5) is 5.69 Å². The number of allylic oxidation sites excluding steroid dienone is 1. The van der Waals surface area contributed by atoms with Gasteiger partial charge in [0.2, 0.25) is 0 Å². The molecule has 3 aromatic rings. The van der Waals surface area contributed by atoms with E-state index in [1.807, 2.05) is 0 Å². The Hall–Kier alpha value is -4.46. The van der Waals surface area contributed by atoms with E-state index < -0.39 is 10.9 Å². The predicted molar refractivity (Wildman–Crippen MR) is 117 cm³/mol. The Morgan fingerprint density at radius 1 is 0.906 bits per heavy atom. The molecule has 0 radical (unpaired) electrons. The van der Waals surface area contributed by atoms with Crippen molar-refractivity contribution in [1.82, 2.24) is 0 Å². The van der Waals surface area contributed by atoms with Crippen LogP contribution in [-0.4, -0.2) is 30.9 Å². The van der Waals surface area contributed by atoms with Crippen LogP contribution in [0.25, 0.3) is 6.08 Å². The van der Waals surface area contributed by atoms with Gasteiger partial charge in [0, 0.05) is 17.7 Å². The molecule has 0 N–H and O–H groups in total. The number of ketones is 1. The smallest absolute Gasteiger partial charge is 0.343 e. The number of esters is 1. The molecule has 0 fully saturated rings. The van der Waals surface area contributed by atoms with Crippen LogP contribution in [0.15, 0.2) is 72.8 Å². The summed E-state index contributed by atoms with van der Waals surface area (Å²) in [4.78, 5) is 35.4. The Balaban J connectivity index is 1.81. The lowest BCUT2D eigenvalue weighted by atomic mass is 10.1. The maximum atomic E-state index is 12.7. The van der Waals surface area contributed by atoms with Crippen molar-refractivity contribution in [2.45, 2.75) is 0 Å². The van der Waals surface area contributed by atoms with Gasteiger partial charge < -0.3 is 14.2 Å². The van der Waals surface area contributed by atoms with Crippen molar-refractivity contribution in [2.75, 3.05) is 14.2 Å². The van der Waals surface area contributed by atoms with Crippen molar-refractivity contribution in [3.05, 3.63) is 99.6 Å². The second-order valence-corrected chi connectivity index (χ2v) is 6.50. The molecule has 0 atom stereocenters. The molecule has 0 amide bonds. The zero-order valence-corrected chi connectivity index (χ0v) is 17.3. The van der Waals surface area contributed by atoms with Crippen molar-refractivity contribution in [2.24, 2.45) is 0 Å². The van der Waals surface area contributed by atoms with E-state index in [1.54, 1.807) is 42.5 Å². The van der Waals surface area contributed by atoms with Gasteiger partial charge in [0.1, 0.15) is 17.2 Å². The largest absolute Gasteiger partial charge is 0.497 e. The second kappa shape index (κ2) is 10.0. The van der Waals surface area contributed by atoms with Gasteiger partial charge in [0.05, 0.1) is 30.3 Å².